The second-order valence-electron chi connectivity index (χ2n) is 23.7. The molecule has 1 aromatic heterocycles. The fourth-order valence-corrected chi connectivity index (χ4v) is 17.7. The highest BCUT2D eigenvalue weighted by Gasteiger charge is 2.70. The highest BCUT2D eigenvalue weighted by atomic mass is 16.5. The lowest BCUT2D eigenvalue weighted by Crippen LogP contribution is -2.69. The van der Waals surface area contributed by atoms with E-state index in [-0.39, 0.29) is 71.7 Å². The number of phenols is 1. The minimum absolute atomic E-state index is 0.0362. The summed E-state index contributed by atoms with van der Waals surface area (Å²) in [7, 11) is 1.50. The molecule has 2 spiro atoms. The number of carbonyl (C=O) groups is 2. The third-order valence-corrected chi connectivity index (χ3v) is 20.7. The van der Waals surface area contributed by atoms with Crippen LogP contribution in [0.2, 0.25) is 0 Å². The Morgan fingerprint density at radius 3 is 2.64 bits per heavy atom. The summed E-state index contributed by atoms with van der Waals surface area (Å²) in [5, 5.41) is 57.8. The molecule has 11 heteroatoms. The number of benzene rings is 3. The number of phenolic OH excluding ortho intramolecular Hbond substituents is 1. The molecular weight excluding hydrogens is 913 g/mol. The summed E-state index contributed by atoms with van der Waals surface area (Å²) in [6.07, 6.45) is 15.0. The van der Waals surface area contributed by atoms with Gasteiger partial charge in [0.2, 0.25) is 0 Å². The molecule has 9 aliphatic rings. The van der Waals surface area contributed by atoms with Crippen LogP contribution in [0.3, 0.4) is 0 Å². The Labute approximate surface area is 428 Å². The number of aliphatic hydroxyl groups is 3. The maximum atomic E-state index is 15.0. The van der Waals surface area contributed by atoms with Gasteiger partial charge in [0.05, 0.1) is 31.2 Å². The molecule has 1 saturated heterocycles. The number of hydrogen-bond donors (Lipinski definition) is 8. The fourth-order valence-electron chi connectivity index (χ4n) is 17.7. The Hall–Kier alpha value is -5.64. The number of ketones is 2. The Kier molecular flexibility index (Phi) is 11.6. The SMILES string of the molecule is COc1cc2c(cc1O)C(CC(O)C(O)CC(C1=CCNC(N)=C1)c1ccc3ccccc3c1)C#CC1(CCC(C3C4C=CC5CCCC53C3CNC5CC(=O)CC6c7cc[nH]c7C4C3C56)CC1O)C(=O)CC2. The molecule has 4 aromatic rings. The number of piperidine rings is 1. The van der Waals surface area contributed by atoms with E-state index in [0.717, 1.165) is 40.4 Å². The van der Waals surface area contributed by atoms with E-state index in [1.807, 2.05) is 18.2 Å². The van der Waals surface area contributed by atoms with E-state index in [1.165, 1.54) is 37.6 Å². The van der Waals surface area contributed by atoms with Crippen molar-refractivity contribution in [3.05, 3.63) is 131 Å². The number of aromatic hydroxyl groups is 1. The topological polar surface area (TPSA) is 190 Å². The zero-order chi connectivity index (χ0) is 49.9. The monoisotopic (exact) mass is 983 g/mol. The summed E-state index contributed by atoms with van der Waals surface area (Å²) in [5.41, 5.74) is 11.1. The molecule has 7 aliphatic carbocycles. The van der Waals surface area contributed by atoms with Crippen molar-refractivity contribution in [1.82, 2.24) is 15.6 Å². The number of fused-ring (bicyclic) bond motifs is 7. The van der Waals surface area contributed by atoms with Gasteiger partial charge in [-0.15, -0.1) is 0 Å². The summed E-state index contributed by atoms with van der Waals surface area (Å²) >= 11 is 0. The van der Waals surface area contributed by atoms with Crippen LogP contribution in [-0.4, -0.2) is 81.5 Å². The molecule has 9 N–H and O–H groups in total. The number of ether oxygens (including phenoxy) is 1. The minimum atomic E-state index is -1.31. The summed E-state index contributed by atoms with van der Waals surface area (Å²) < 4.78 is 5.58. The van der Waals surface area contributed by atoms with Crippen LogP contribution >= 0.6 is 0 Å². The van der Waals surface area contributed by atoms with Gasteiger partial charge in [0.15, 0.2) is 17.3 Å². The van der Waals surface area contributed by atoms with Crippen LogP contribution in [0.15, 0.2) is 103 Å². The van der Waals surface area contributed by atoms with E-state index < -0.39 is 29.6 Å². The van der Waals surface area contributed by atoms with Crippen LogP contribution in [0.4, 0.5) is 0 Å². The zero-order valence-corrected chi connectivity index (χ0v) is 41.8. The van der Waals surface area contributed by atoms with Crippen molar-refractivity contribution in [2.45, 2.75) is 125 Å². The van der Waals surface area contributed by atoms with Gasteiger partial charge in [-0.1, -0.05) is 79.0 Å². The van der Waals surface area contributed by atoms with Crippen LogP contribution in [0.5, 0.6) is 11.5 Å². The summed E-state index contributed by atoms with van der Waals surface area (Å²) in [6.45, 7) is 1.47. The number of methoxy groups -OCH3 is 1. The van der Waals surface area contributed by atoms with Crippen molar-refractivity contribution < 1.29 is 34.8 Å². The molecule has 0 amide bonds. The maximum absolute atomic E-state index is 15.0. The third-order valence-electron chi connectivity index (χ3n) is 20.7. The first-order valence-corrected chi connectivity index (χ1v) is 27.5. The molecule has 11 nitrogen and oxygen atoms in total. The predicted molar refractivity (Wildman–Crippen MR) is 279 cm³/mol. The molecule has 3 heterocycles. The molecule has 17 unspecified atom stereocenters. The van der Waals surface area contributed by atoms with Crippen LogP contribution in [0, 0.1) is 64.1 Å². The number of carbonyl (C=O) groups excluding carboxylic acids is 2. The van der Waals surface area contributed by atoms with Gasteiger partial charge in [0.1, 0.15) is 11.2 Å². The number of aryl methyl sites for hydroxylation is 1. The lowest BCUT2D eigenvalue weighted by Gasteiger charge is -2.69. The van der Waals surface area contributed by atoms with Gasteiger partial charge in [0, 0.05) is 61.5 Å². The quantitative estimate of drug-likeness (QED) is 0.0605. The highest BCUT2D eigenvalue weighted by molar-refractivity contribution is 5.89. The lowest BCUT2D eigenvalue weighted by atomic mass is 9.36. The number of nitrogens with one attached hydrogen (secondary N) is 3. The predicted octanol–water partition coefficient (Wildman–Crippen LogP) is 7.91. The molecule has 4 saturated carbocycles. The summed E-state index contributed by atoms with van der Waals surface area (Å²) in [4.78, 5) is 32.0. The first-order valence-electron chi connectivity index (χ1n) is 27.5. The maximum Gasteiger partial charge on any atom is 0.160 e. The molecule has 380 valence electrons. The molecule has 73 heavy (non-hydrogen) atoms. The van der Waals surface area contributed by atoms with Crippen molar-refractivity contribution in [1.29, 1.82) is 0 Å². The number of Topliss-reactive ketones (excluding diaryl/α,β-unsaturated/α-hetero) is 2. The number of nitrogens with two attached hydrogens (primary N) is 1. The van der Waals surface area contributed by atoms with Gasteiger partial charge in [-0.2, -0.15) is 0 Å². The third kappa shape index (κ3) is 7.43. The average Bonchev–Trinajstić information content (AvgIpc) is 4.07. The van der Waals surface area contributed by atoms with Gasteiger partial charge in [-0.3, -0.25) is 9.59 Å². The number of H-pyrrole nitrogens is 1. The van der Waals surface area contributed by atoms with E-state index >= 15 is 0 Å². The number of dihydropyridines is 1. The fraction of sp³-hybridized carbons (Fsp3) is 0.516. The van der Waals surface area contributed by atoms with Crippen LogP contribution in [0.25, 0.3) is 10.8 Å². The van der Waals surface area contributed by atoms with Crippen molar-refractivity contribution >= 4 is 22.3 Å². The Balaban J connectivity index is 0.821. The first kappa shape index (κ1) is 47.1. The number of aromatic amines is 1. The van der Waals surface area contributed by atoms with Crippen molar-refractivity contribution in [3.8, 4) is 23.3 Å². The molecule has 13 rings (SSSR count). The normalized spacial score (nSPS) is 37.0. The standard InChI is InChI=1S/C62H70N4O7/c1-73-52-25-36-10-13-53(71)61(19-14-37(45(36)31-51(52)70)24-49(68)50(69)30-44(38-16-21-64-55(63)27-38)35-9-8-33-5-2-3-6-34(33)23-35)20-15-39(26-54(61)72)59-43-12-11-40-7-4-18-62(40,59)47-32-66-48-29-41(67)28-46-42-17-22-65-60(42)57(43)58(47)56(46)48/h2-3,5-6,8-9,11-12,16-17,22-23,25,27,31,37,39-40,43-44,46-50,54,56-59,64-66,68-70,72H,4,7,10,13,15,18,20-21,24,26,28-30,32,63H2,1H3. The van der Waals surface area contributed by atoms with E-state index in [4.69, 9.17) is 10.5 Å². The van der Waals surface area contributed by atoms with Gasteiger partial charge in [-0.05, 0) is 174 Å². The largest absolute Gasteiger partial charge is 0.504 e. The lowest BCUT2D eigenvalue weighted by molar-refractivity contribution is -0.166. The second kappa shape index (κ2) is 18.0. The Morgan fingerprint density at radius 2 is 1.81 bits per heavy atom. The number of aromatic nitrogens is 1. The smallest absolute Gasteiger partial charge is 0.160 e. The molecule has 5 fully saturated rings. The van der Waals surface area contributed by atoms with E-state index in [9.17, 15) is 30.0 Å². The highest BCUT2D eigenvalue weighted by Crippen LogP contribution is 2.74. The van der Waals surface area contributed by atoms with E-state index in [0.29, 0.717) is 91.3 Å². The Morgan fingerprint density at radius 1 is 0.945 bits per heavy atom. The minimum Gasteiger partial charge on any atom is -0.504 e. The summed E-state index contributed by atoms with van der Waals surface area (Å²) in [6, 6.07) is 20.4. The van der Waals surface area contributed by atoms with E-state index in [2.05, 4.69) is 88.3 Å². The second-order valence-corrected chi connectivity index (χ2v) is 23.7. The van der Waals surface area contributed by atoms with Gasteiger partial charge in [-0.25, -0.2) is 0 Å². The average molecular weight is 983 g/mol. The molecule has 2 aliphatic heterocycles. The molecular formula is C62H70N4O7. The van der Waals surface area contributed by atoms with Gasteiger partial charge in [0.25, 0.3) is 0 Å². The Bertz CT molecular complexity index is 3040. The molecule has 17 atom stereocenters. The molecule has 0 radical (unpaired) electrons. The number of hydrogen-bond acceptors (Lipinski definition) is 10. The summed E-state index contributed by atoms with van der Waals surface area (Å²) in [5.74, 6) is 10.3. The number of allylic oxidation sites excluding steroid dienone is 4. The van der Waals surface area contributed by atoms with Crippen molar-refractivity contribution in [3.63, 3.8) is 0 Å². The van der Waals surface area contributed by atoms with Crippen LogP contribution in [0.1, 0.15) is 122 Å². The van der Waals surface area contributed by atoms with Crippen LogP contribution < -0.4 is 21.1 Å². The number of aliphatic hydroxyl groups excluding tert-OH is 3. The van der Waals surface area contributed by atoms with Crippen molar-refractivity contribution in [2.24, 2.45) is 58.0 Å². The van der Waals surface area contributed by atoms with Crippen molar-refractivity contribution in [2.75, 3.05) is 20.2 Å². The van der Waals surface area contributed by atoms with Gasteiger partial charge < -0.3 is 46.5 Å². The zero-order valence-electron chi connectivity index (χ0n) is 41.8. The van der Waals surface area contributed by atoms with Crippen LogP contribution in [-0.2, 0) is 16.0 Å². The molecule has 2 bridgehead atoms. The van der Waals surface area contributed by atoms with E-state index in [1.54, 1.807) is 12.1 Å². The molecule has 3 aromatic carbocycles. The number of rotatable bonds is 9. The van der Waals surface area contributed by atoms with Gasteiger partial charge >= 0.3 is 0 Å². The first-order chi connectivity index (χ1) is 35.4.